The van der Waals surface area contributed by atoms with Crippen molar-refractivity contribution in [1.82, 2.24) is 0 Å². The van der Waals surface area contributed by atoms with Crippen LogP contribution in [0.25, 0.3) is 0 Å². The lowest BCUT2D eigenvalue weighted by Crippen LogP contribution is -2.57. The van der Waals surface area contributed by atoms with Gasteiger partial charge in [-0.25, -0.2) is 0 Å². The van der Waals surface area contributed by atoms with Crippen LogP contribution in [0.15, 0.2) is 11.6 Å². The fourth-order valence-electron chi connectivity index (χ4n) is 7.19. The number of fused-ring (bicyclic) bond motifs is 5. The second-order valence-electron chi connectivity index (χ2n) is 9.33. The molecule has 0 aromatic heterocycles. The van der Waals surface area contributed by atoms with Gasteiger partial charge >= 0.3 is 0 Å². The molecule has 0 spiro atoms. The van der Waals surface area contributed by atoms with Crippen molar-refractivity contribution in [3.63, 3.8) is 0 Å². The van der Waals surface area contributed by atoms with Crippen LogP contribution in [0.2, 0.25) is 0 Å². The molecule has 0 aromatic rings. The Morgan fingerprint density at radius 1 is 1.17 bits per heavy atom. The van der Waals surface area contributed by atoms with E-state index in [0.29, 0.717) is 24.2 Å². The topological polar surface area (TPSA) is 54.4 Å². The van der Waals surface area contributed by atoms with E-state index < -0.39 is 6.10 Å². The normalized spacial score (nSPS) is 50.6. The minimum absolute atomic E-state index is 0.0242. The average molecular weight is 330 g/mol. The number of hydrogen-bond acceptors (Lipinski definition) is 3. The zero-order chi connectivity index (χ0) is 17.3. The maximum absolute atomic E-state index is 12.2. The van der Waals surface area contributed by atoms with Crippen LogP contribution in [0.3, 0.4) is 0 Å². The average Bonchev–Trinajstić information content (AvgIpc) is 2.88. The van der Waals surface area contributed by atoms with Crippen LogP contribution in [0, 0.1) is 34.5 Å². The summed E-state index contributed by atoms with van der Waals surface area (Å²) in [4.78, 5) is 24.1. The molecule has 0 unspecified atom stereocenters. The van der Waals surface area contributed by atoms with E-state index in [1.807, 2.05) is 6.08 Å². The summed E-state index contributed by atoms with van der Waals surface area (Å²) in [5.74, 6) is 2.07. The Labute approximate surface area is 144 Å². The van der Waals surface area contributed by atoms with Gasteiger partial charge in [0.1, 0.15) is 5.78 Å². The van der Waals surface area contributed by atoms with E-state index in [4.69, 9.17) is 0 Å². The van der Waals surface area contributed by atoms with Gasteiger partial charge in [0.15, 0.2) is 5.78 Å². The molecule has 7 atom stereocenters. The first kappa shape index (κ1) is 16.5. The molecule has 3 nitrogen and oxygen atoms in total. The molecular formula is C21H30O3. The lowest BCUT2D eigenvalue weighted by Gasteiger charge is -2.59. The molecule has 0 saturated heterocycles. The van der Waals surface area contributed by atoms with E-state index >= 15 is 0 Å². The quantitative estimate of drug-likeness (QED) is 0.797. The van der Waals surface area contributed by atoms with Crippen molar-refractivity contribution in [1.29, 1.82) is 0 Å². The van der Waals surface area contributed by atoms with E-state index in [9.17, 15) is 14.7 Å². The predicted molar refractivity (Wildman–Crippen MR) is 92.3 cm³/mol. The lowest BCUT2D eigenvalue weighted by molar-refractivity contribution is -0.149. The highest BCUT2D eigenvalue weighted by molar-refractivity contribution is 5.91. The molecule has 3 fully saturated rings. The highest BCUT2D eigenvalue weighted by Gasteiger charge is 2.63. The smallest absolute Gasteiger partial charge is 0.155 e. The predicted octanol–water partition coefficient (Wildman–Crippen LogP) is 3.69. The third-order valence-electron chi connectivity index (χ3n) is 8.56. The molecule has 1 N–H and O–H groups in total. The third-order valence-corrected chi connectivity index (χ3v) is 8.56. The molecule has 3 saturated carbocycles. The Kier molecular flexibility index (Phi) is 3.62. The van der Waals surface area contributed by atoms with E-state index in [1.165, 1.54) is 5.57 Å². The van der Waals surface area contributed by atoms with Crippen LogP contribution in [0.4, 0.5) is 0 Å². The van der Waals surface area contributed by atoms with E-state index in [-0.39, 0.29) is 28.3 Å². The van der Waals surface area contributed by atoms with Crippen molar-refractivity contribution in [2.75, 3.05) is 0 Å². The van der Waals surface area contributed by atoms with Gasteiger partial charge < -0.3 is 5.11 Å². The monoisotopic (exact) mass is 330 g/mol. The van der Waals surface area contributed by atoms with Gasteiger partial charge in [0, 0.05) is 17.8 Å². The molecule has 0 heterocycles. The Bertz CT molecular complexity index is 621. The summed E-state index contributed by atoms with van der Waals surface area (Å²) >= 11 is 0. The van der Waals surface area contributed by atoms with Crippen LogP contribution in [-0.4, -0.2) is 22.8 Å². The zero-order valence-electron chi connectivity index (χ0n) is 15.2. The molecule has 4 rings (SSSR count). The fraction of sp³-hybridized carbons (Fsp3) is 0.810. The second kappa shape index (κ2) is 5.27. The Hall–Kier alpha value is -0.960. The first-order chi connectivity index (χ1) is 11.3. The fourth-order valence-corrected chi connectivity index (χ4v) is 7.19. The van der Waals surface area contributed by atoms with Crippen LogP contribution in [0.5, 0.6) is 0 Å². The summed E-state index contributed by atoms with van der Waals surface area (Å²) in [6, 6.07) is 0. The largest absolute Gasteiger partial charge is 0.393 e. The van der Waals surface area contributed by atoms with Crippen molar-refractivity contribution >= 4 is 11.6 Å². The summed E-state index contributed by atoms with van der Waals surface area (Å²) < 4.78 is 0. The summed E-state index contributed by atoms with van der Waals surface area (Å²) in [6.45, 7) is 6.21. The second-order valence-corrected chi connectivity index (χ2v) is 9.33. The number of rotatable bonds is 1. The number of aliphatic hydroxyl groups is 1. The highest BCUT2D eigenvalue weighted by Crippen LogP contribution is 2.66. The Morgan fingerprint density at radius 3 is 2.62 bits per heavy atom. The lowest BCUT2D eigenvalue weighted by atomic mass is 9.46. The summed E-state index contributed by atoms with van der Waals surface area (Å²) in [7, 11) is 0. The number of Topliss-reactive ketones (excluding diaryl/α,β-unsaturated/α-hetero) is 1. The Morgan fingerprint density at radius 2 is 1.92 bits per heavy atom. The van der Waals surface area contributed by atoms with Crippen molar-refractivity contribution in [3.05, 3.63) is 11.6 Å². The van der Waals surface area contributed by atoms with E-state index in [0.717, 1.165) is 38.5 Å². The van der Waals surface area contributed by atoms with Gasteiger partial charge in [0.2, 0.25) is 0 Å². The zero-order valence-corrected chi connectivity index (χ0v) is 15.2. The molecule has 4 aliphatic carbocycles. The third kappa shape index (κ3) is 2.00. The first-order valence-electron chi connectivity index (χ1n) is 9.71. The summed E-state index contributed by atoms with van der Waals surface area (Å²) in [5, 5.41) is 11.1. The van der Waals surface area contributed by atoms with Crippen LogP contribution in [-0.2, 0) is 9.59 Å². The van der Waals surface area contributed by atoms with Crippen molar-refractivity contribution in [2.45, 2.75) is 71.8 Å². The molecule has 0 amide bonds. The molecule has 132 valence electrons. The molecule has 0 radical (unpaired) electrons. The minimum atomic E-state index is -0.394. The van der Waals surface area contributed by atoms with Gasteiger partial charge in [-0.2, -0.15) is 0 Å². The van der Waals surface area contributed by atoms with Gasteiger partial charge in [0.05, 0.1) is 6.10 Å². The van der Waals surface area contributed by atoms with Gasteiger partial charge in [-0.1, -0.05) is 19.4 Å². The van der Waals surface area contributed by atoms with Gasteiger partial charge in [-0.15, -0.1) is 0 Å². The standard InChI is InChI=1S/C21H30O3/c1-12(22)16-6-7-17-15-5-4-13-10-14(23)8-9-20(13,2)18(15)11-19(24)21(16,17)3/h10,15-19,24H,4-9,11H2,1-3H3/t15-,16+,17-,18-,19+,20-,21+/m0/s1. The molecule has 24 heavy (non-hydrogen) atoms. The van der Waals surface area contributed by atoms with Crippen LogP contribution >= 0.6 is 0 Å². The summed E-state index contributed by atoms with van der Waals surface area (Å²) in [5.41, 5.74) is 1.17. The number of carbonyl (C=O) groups excluding carboxylic acids is 2. The van der Waals surface area contributed by atoms with Crippen molar-refractivity contribution in [3.8, 4) is 0 Å². The van der Waals surface area contributed by atoms with Gasteiger partial charge in [0.25, 0.3) is 0 Å². The number of hydrogen-bond donors (Lipinski definition) is 1. The molecule has 0 aromatic carbocycles. The number of aliphatic hydroxyl groups excluding tert-OH is 1. The van der Waals surface area contributed by atoms with E-state index in [1.54, 1.807) is 6.92 Å². The van der Waals surface area contributed by atoms with E-state index in [2.05, 4.69) is 13.8 Å². The molecule has 4 aliphatic rings. The molecular weight excluding hydrogens is 300 g/mol. The molecule has 3 heteroatoms. The maximum Gasteiger partial charge on any atom is 0.155 e. The van der Waals surface area contributed by atoms with Crippen LogP contribution in [0.1, 0.15) is 65.7 Å². The number of carbonyl (C=O) groups is 2. The molecule has 0 bridgehead atoms. The summed E-state index contributed by atoms with van der Waals surface area (Å²) in [6.07, 6.45) is 8.06. The highest BCUT2D eigenvalue weighted by atomic mass is 16.3. The SMILES string of the molecule is CC(=O)[C@H]1CC[C@H]2[C@@H]3CCC4=CC(=O)CC[C@]4(C)[C@H]3C[C@@H](O)[C@]12C. The number of ketones is 2. The maximum atomic E-state index is 12.2. The Balaban J connectivity index is 1.72. The number of allylic oxidation sites excluding steroid dienone is 1. The molecule has 0 aliphatic heterocycles. The van der Waals surface area contributed by atoms with Crippen molar-refractivity contribution in [2.24, 2.45) is 34.5 Å². The van der Waals surface area contributed by atoms with Gasteiger partial charge in [-0.3, -0.25) is 9.59 Å². The van der Waals surface area contributed by atoms with Crippen LogP contribution < -0.4 is 0 Å². The van der Waals surface area contributed by atoms with Gasteiger partial charge in [-0.05, 0) is 74.7 Å². The first-order valence-corrected chi connectivity index (χ1v) is 9.71. The minimum Gasteiger partial charge on any atom is -0.393 e. The van der Waals surface area contributed by atoms with Crippen molar-refractivity contribution < 1.29 is 14.7 Å².